The van der Waals surface area contributed by atoms with Crippen LogP contribution < -0.4 is 0 Å². The highest BCUT2D eigenvalue weighted by Crippen LogP contribution is 2.07. The minimum Gasteiger partial charge on any atom is -0.0982 e. The van der Waals surface area contributed by atoms with Crippen LogP contribution in [0.3, 0.4) is 0 Å². The van der Waals surface area contributed by atoms with Gasteiger partial charge in [-0.1, -0.05) is 70.8 Å². The van der Waals surface area contributed by atoms with Crippen LogP contribution >= 0.6 is 0 Å². The molecule has 0 heteroatoms. The van der Waals surface area contributed by atoms with E-state index in [4.69, 9.17) is 0 Å². The third-order valence-electron chi connectivity index (χ3n) is 2.60. The maximum atomic E-state index is 3.34. The predicted octanol–water partition coefficient (Wildman–Crippen LogP) is 5.49. The van der Waals surface area contributed by atoms with E-state index in [9.17, 15) is 0 Å². The van der Waals surface area contributed by atoms with Crippen molar-refractivity contribution in [3.63, 3.8) is 0 Å². The number of hydrogen-bond donors (Lipinski definition) is 0. The quantitative estimate of drug-likeness (QED) is 0.375. The summed E-state index contributed by atoms with van der Waals surface area (Å²) in [7, 11) is 0. The Bertz CT molecular complexity index is 224. The van der Waals surface area contributed by atoms with E-state index in [0.717, 1.165) is 12.8 Å². The molecule has 0 nitrogen and oxygen atoms in total. The molecule has 0 aliphatic rings. The van der Waals surface area contributed by atoms with E-state index in [2.05, 4.69) is 38.7 Å². The molecule has 92 valence electrons. The van der Waals surface area contributed by atoms with Gasteiger partial charge in [0.25, 0.3) is 0 Å². The summed E-state index contributed by atoms with van der Waals surface area (Å²) in [6.07, 6.45) is 13.4. The molecule has 0 N–H and O–H groups in total. The predicted molar refractivity (Wildman–Crippen MR) is 74.4 cm³/mol. The summed E-state index contributed by atoms with van der Waals surface area (Å²) < 4.78 is 0. The van der Waals surface area contributed by atoms with E-state index in [0.29, 0.717) is 0 Å². The van der Waals surface area contributed by atoms with Crippen LogP contribution in [0, 0.1) is 11.8 Å². The van der Waals surface area contributed by atoms with Crippen LogP contribution in [0.4, 0.5) is 0 Å². The average Bonchev–Trinajstić information content (AvgIpc) is 2.30. The third kappa shape index (κ3) is 9.84. The molecule has 0 bridgehead atoms. The van der Waals surface area contributed by atoms with Crippen LogP contribution in [0.15, 0.2) is 11.6 Å². The molecule has 0 aromatic rings. The second-order valence-electron chi connectivity index (χ2n) is 4.38. The number of allylic oxidation sites excluding steroid dienone is 2. The average molecular weight is 220 g/mol. The molecule has 0 rings (SSSR count). The molecule has 0 fully saturated rings. The van der Waals surface area contributed by atoms with Crippen LogP contribution in [0.2, 0.25) is 0 Å². The van der Waals surface area contributed by atoms with Gasteiger partial charge in [-0.2, -0.15) is 0 Å². The zero-order chi connectivity index (χ0) is 12.1. The fourth-order valence-electron chi connectivity index (χ4n) is 1.62. The normalized spacial score (nSPS) is 11.1. The molecule has 0 spiro atoms. The highest BCUT2D eigenvalue weighted by atomic mass is 13.9. The Kier molecular flexibility index (Phi) is 11.8. The summed E-state index contributed by atoms with van der Waals surface area (Å²) >= 11 is 0. The molecule has 0 atom stereocenters. The SMILES string of the molecule is CCC/C=C(\C#CCCCCCC)CCC. The Balaban J connectivity index is 3.84. The smallest absolute Gasteiger partial charge is 0.00923 e. The number of rotatable bonds is 8. The van der Waals surface area contributed by atoms with E-state index in [1.807, 2.05) is 0 Å². The molecule has 0 aromatic heterocycles. The Morgan fingerprint density at radius 1 is 0.938 bits per heavy atom. The lowest BCUT2D eigenvalue weighted by Gasteiger charge is -1.96. The van der Waals surface area contributed by atoms with E-state index < -0.39 is 0 Å². The van der Waals surface area contributed by atoms with Crippen LogP contribution in [0.1, 0.15) is 78.6 Å². The van der Waals surface area contributed by atoms with Gasteiger partial charge in [0.1, 0.15) is 0 Å². The highest BCUT2D eigenvalue weighted by Gasteiger charge is 1.90. The summed E-state index contributed by atoms with van der Waals surface area (Å²) in [6, 6.07) is 0. The molecule has 0 heterocycles. The van der Waals surface area contributed by atoms with Crippen molar-refractivity contribution >= 4 is 0 Å². The Labute approximate surface area is 103 Å². The van der Waals surface area contributed by atoms with Gasteiger partial charge >= 0.3 is 0 Å². The van der Waals surface area contributed by atoms with Gasteiger partial charge in [0.2, 0.25) is 0 Å². The van der Waals surface area contributed by atoms with Gasteiger partial charge in [-0.3, -0.25) is 0 Å². The summed E-state index contributed by atoms with van der Waals surface area (Å²) in [6.45, 7) is 6.69. The fraction of sp³-hybridized carbons (Fsp3) is 0.750. The minimum atomic E-state index is 1.08. The molecule has 0 saturated carbocycles. The second kappa shape index (κ2) is 12.4. The molecule has 16 heavy (non-hydrogen) atoms. The third-order valence-corrected chi connectivity index (χ3v) is 2.60. The molecule has 0 amide bonds. The van der Waals surface area contributed by atoms with Gasteiger partial charge < -0.3 is 0 Å². The maximum Gasteiger partial charge on any atom is 0.00923 e. The lowest BCUT2D eigenvalue weighted by molar-refractivity contribution is 0.679. The fourth-order valence-corrected chi connectivity index (χ4v) is 1.62. The van der Waals surface area contributed by atoms with Crippen molar-refractivity contribution in [1.29, 1.82) is 0 Å². The van der Waals surface area contributed by atoms with Gasteiger partial charge in [0.15, 0.2) is 0 Å². The van der Waals surface area contributed by atoms with Gasteiger partial charge in [0.05, 0.1) is 0 Å². The minimum absolute atomic E-state index is 1.08. The van der Waals surface area contributed by atoms with Gasteiger partial charge in [0, 0.05) is 6.42 Å². The lowest BCUT2D eigenvalue weighted by atomic mass is 10.1. The molecule has 0 aromatic carbocycles. The number of hydrogen-bond acceptors (Lipinski definition) is 0. The van der Waals surface area contributed by atoms with E-state index in [1.165, 1.54) is 50.5 Å². The highest BCUT2D eigenvalue weighted by molar-refractivity contribution is 5.28. The monoisotopic (exact) mass is 220 g/mol. The zero-order valence-electron chi connectivity index (χ0n) is 11.4. The van der Waals surface area contributed by atoms with Gasteiger partial charge in [-0.15, -0.1) is 0 Å². The first kappa shape index (κ1) is 15.3. The van der Waals surface area contributed by atoms with Crippen LogP contribution in [-0.2, 0) is 0 Å². The van der Waals surface area contributed by atoms with Gasteiger partial charge in [-0.25, -0.2) is 0 Å². The van der Waals surface area contributed by atoms with Crippen molar-refractivity contribution in [3.8, 4) is 11.8 Å². The van der Waals surface area contributed by atoms with Crippen molar-refractivity contribution in [2.75, 3.05) is 0 Å². The Morgan fingerprint density at radius 2 is 1.75 bits per heavy atom. The first-order valence-electron chi connectivity index (χ1n) is 7.03. The van der Waals surface area contributed by atoms with E-state index in [-0.39, 0.29) is 0 Å². The summed E-state index contributed by atoms with van der Waals surface area (Å²) in [5.74, 6) is 6.66. The first-order chi connectivity index (χ1) is 7.85. The molecular formula is C16H28. The van der Waals surface area contributed by atoms with Crippen LogP contribution in [0.5, 0.6) is 0 Å². The Hall–Kier alpha value is -0.700. The number of unbranched alkanes of at least 4 members (excludes halogenated alkanes) is 5. The largest absolute Gasteiger partial charge is 0.0982 e. The standard InChI is InChI=1S/C16H28/c1-4-7-9-10-11-12-15-16(13-6-3)14-8-5-2/h14H,4-11,13H2,1-3H3/b16-14-. The summed E-state index contributed by atoms with van der Waals surface area (Å²) in [5, 5.41) is 0. The van der Waals surface area contributed by atoms with Crippen molar-refractivity contribution in [2.24, 2.45) is 0 Å². The summed E-state index contributed by atoms with van der Waals surface area (Å²) in [5.41, 5.74) is 1.36. The van der Waals surface area contributed by atoms with E-state index >= 15 is 0 Å². The topological polar surface area (TPSA) is 0 Å². The van der Waals surface area contributed by atoms with Crippen molar-refractivity contribution in [1.82, 2.24) is 0 Å². The maximum absolute atomic E-state index is 3.34. The second-order valence-corrected chi connectivity index (χ2v) is 4.38. The van der Waals surface area contributed by atoms with Crippen molar-refractivity contribution < 1.29 is 0 Å². The zero-order valence-corrected chi connectivity index (χ0v) is 11.4. The summed E-state index contributed by atoms with van der Waals surface area (Å²) in [4.78, 5) is 0. The first-order valence-corrected chi connectivity index (χ1v) is 7.03. The van der Waals surface area contributed by atoms with Gasteiger partial charge in [-0.05, 0) is 24.8 Å². The van der Waals surface area contributed by atoms with Crippen LogP contribution in [0.25, 0.3) is 0 Å². The molecule has 0 aliphatic heterocycles. The lowest BCUT2D eigenvalue weighted by Crippen LogP contribution is -1.80. The molecule has 0 radical (unpaired) electrons. The molecule has 0 saturated heterocycles. The van der Waals surface area contributed by atoms with E-state index in [1.54, 1.807) is 0 Å². The van der Waals surface area contributed by atoms with Crippen LogP contribution in [-0.4, -0.2) is 0 Å². The molecule has 0 unspecified atom stereocenters. The molecule has 0 aliphatic carbocycles. The van der Waals surface area contributed by atoms with Crippen molar-refractivity contribution in [2.45, 2.75) is 78.6 Å². The Morgan fingerprint density at radius 3 is 2.38 bits per heavy atom. The van der Waals surface area contributed by atoms with Crippen molar-refractivity contribution in [3.05, 3.63) is 11.6 Å². The molecular weight excluding hydrogens is 192 g/mol.